The van der Waals surface area contributed by atoms with Gasteiger partial charge in [-0.2, -0.15) is 0 Å². The maximum atomic E-state index is 14.2. The smallest absolute Gasteiger partial charge is 0.263 e. The number of rotatable bonds is 4. The Balaban J connectivity index is 1.38. The lowest BCUT2D eigenvalue weighted by Gasteiger charge is -2.35. The summed E-state index contributed by atoms with van der Waals surface area (Å²) in [6, 6.07) is 4.82. The highest BCUT2D eigenvalue weighted by Gasteiger charge is 2.31. The van der Waals surface area contributed by atoms with Gasteiger partial charge in [0, 0.05) is 19.0 Å². The van der Waals surface area contributed by atoms with E-state index in [4.69, 9.17) is 15.2 Å². The fourth-order valence-corrected chi connectivity index (χ4v) is 3.92. The van der Waals surface area contributed by atoms with Gasteiger partial charge in [0.25, 0.3) is 5.91 Å². The second-order valence-corrected chi connectivity index (χ2v) is 7.79. The first-order valence-electron chi connectivity index (χ1n) is 8.80. The van der Waals surface area contributed by atoms with Crippen LogP contribution in [0.4, 0.5) is 9.52 Å². The molecule has 0 aliphatic carbocycles. The Hall–Kier alpha value is -2.88. The van der Waals surface area contributed by atoms with Gasteiger partial charge in [0.05, 0.1) is 19.2 Å². The number of aromatic nitrogens is 1. The fourth-order valence-electron chi connectivity index (χ4n) is 3.33. The van der Waals surface area contributed by atoms with Gasteiger partial charge in [0.1, 0.15) is 11.0 Å². The van der Waals surface area contributed by atoms with Crippen LogP contribution in [0.25, 0.3) is 0 Å². The first kappa shape index (κ1) is 18.5. The average Bonchev–Trinajstić information content (AvgIpc) is 3.29. The van der Waals surface area contributed by atoms with Crippen molar-refractivity contribution in [1.29, 1.82) is 0 Å². The summed E-state index contributed by atoms with van der Waals surface area (Å²) in [5.41, 5.74) is 6.30. The van der Waals surface area contributed by atoms with E-state index in [1.54, 1.807) is 18.2 Å². The van der Waals surface area contributed by atoms with Crippen molar-refractivity contribution in [2.45, 2.75) is 25.1 Å². The summed E-state index contributed by atoms with van der Waals surface area (Å²) in [6.07, 6.45) is 0.461. The minimum atomic E-state index is -1.20. The Bertz CT molecular complexity index is 905. The summed E-state index contributed by atoms with van der Waals surface area (Å²) in [6.45, 7) is 0.433. The molecule has 0 bridgehead atoms. The van der Waals surface area contributed by atoms with Crippen LogP contribution in [0.1, 0.15) is 21.7 Å². The number of carbonyl (C=O) groups is 2. The molecule has 0 radical (unpaired) electrons. The average molecular weight is 406 g/mol. The van der Waals surface area contributed by atoms with Crippen molar-refractivity contribution in [3.8, 4) is 11.5 Å². The molecular formula is C18H19FN4O4S. The molecule has 3 heterocycles. The Morgan fingerprint density at radius 1 is 1.32 bits per heavy atom. The molecule has 1 saturated heterocycles. The lowest BCUT2D eigenvalue weighted by Crippen LogP contribution is -2.53. The summed E-state index contributed by atoms with van der Waals surface area (Å²) < 4.78 is 24.8. The molecule has 10 heteroatoms. The number of amides is 2. The SMILES string of the molecule is Nc1ncc(C(=O)N[C@H]2C[C@@H](F)CN(C(=O)Cc3ccc4c(c3)OCO4)C2)s1. The fraction of sp³-hybridized carbons (Fsp3) is 0.389. The molecule has 1 aromatic carbocycles. The van der Waals surface area contributed by atoms with Crippen molar-refractivity contribution in [3.63, 3.8) is 0 Å². The first-order chi connectivity index (χ1) is 13.5. The van der Waals surface area contributed by atoms with Crippen LogP contribution in [0.3, 0.4) is 0 Å². The molecule has 4 rings (SSSR count). The van der Waals surface area contributed by atoms with Crippen LogP contribution in [0.5, 0.6) is 11.5 Å². The lowest BCUT2D eigenvalue weighted by molar-refractivity contribution is -0.133. The van der Waals surface area contributed by atoms with Crippen molar-refractivity contribution >= 4 is 28.3 Å². The predicted octanol–water partition coefficient (Wildman–Crippen LogP) is 1.37. The minimum absolute atomic E-state index is 0.0171. The summed E-state index contributed by atoms with van der Waals surface area (Å²) >= 11 is 1.06. The third-order valence-electron chi connectivity index (χ3n) is 4.63. The van der Waals surface area contributed by atoms with Gasteiger partial charge in [-0.3, -0.25) is 9.59 Å². The van der Waals surface area contributed by atoms with Crippen LogP contribution in [0.2, 0.25) is 0 Å². The number of thiazole rings is 1. The summed E-state index contributed by atoms with van der Waals surface area (Å²) in [5, 5.41) is 3.06. The summed E-state index contributed by atoms with van der Waals surface area (Å²) in [5.74, 6) is 0.671. The Morgan fingerprint density at radius 2 is 2.14 bits per heavy atom. The molecule has 2 atom stereocenters. The topological polar surface area (TPSA) is 107 Å². The molecule has 148 valence electrons. The Labute approximate surface area is 164 Å². The minimum Gasteiger partial charge on any atom is -0.454 e. The number of ether oxygens (including phenoxy) is 2. The number of likely N-dealkylation sites (tertiary alicyclic amines) is 1. The summed E-state index contributed by atoms with van der Waals surface area (Å²) in [4.78, 5) is 30.6. The van der Waals surface area contributed by atoms with E-state index in [9.17, 15) is 14.0 Å². The third-order valence-corrected chi connectivity index (χ3v) is 5.45. The second kappa shape index (κ2) is 7.63. The largest absolute Gasteiger partial charge is 0.454 e. The van der Waals surface area contributed by atoms with Crippen LogP contribution in [-0.2, 0) is 11.2 Å². The van der Waals surface area contributed by atoms with E-state index in [1.165, 1.54) is 11.1 Å². The van der Waals surface area contributed by atoms with E-state index in [0.29, 0.717) is 16.4 Å². The van der Waals surface area contributed by atoms with Gasteiger partial charge < -0.3 is 25.4 Å². The molecule has 0 unspecified atom stereocenters. The van der Waals surface area contributed by atoms with Crippen molar-refractivity contribution < 1.29 is 23.5 Å². The molecule has 2 aliphatic rings. The van der Waals surface area contributed by atoms with Crippen LogP contribution in [0.15, 0.2) is 24.4 Å². The highest BCUT2D eigenvalue weighted by molar-refractivity contribution is 7.17. The number of nitrogens with two attached hydrogens (primary N) is 1. The van der Waals surface area contributed by atoms with Gasteiger partial charge in [-0.25, -0.2) is 9.37 Å². The maximum absolute atomic E-state index is 14.2. The molecule has 8 nitrogen and oxygen atoms in total. The van der Waals surface area contributed by atoms with Crippen molar-refractivity contribution in [1.82, 2.24) is 15.2 Å². The van der Waals surface area contributed by atoms with E-state index in [2.05, 4.69) is 10.3 Å². The molecule has 3 N–H and O–H groups in total. The number of benzene rings is 1. The number of nitrogens with zero attached hydrogens (tertiary/aromatic N) is 2. The van der Waals surface area contributed by atoms with E-state index < -0.39 is 12.2 Å². The number of halogens is 1. The Kier molecular flexibility index (Phi) is 5.03. The molecule has 0 saturated carbocycles. The lowest BCUT2D eigenvalue weighted by atomic mass is 10.0. The first-order valence-corrected chi connectivity index (χ1v) is 9.62. The summed E-state index contributed by atoms with van der Waals surface area (Å²) in [7, 11) is 0. The zero-order valence-corrected chi connectivity index (χ0v) is 15.7. The van der Waals surface area contributed by atoms with E-state index in [0.717, 1.165) is 16.9 Å². The number of hydrogen-bond donors (Lipinski definition) is 2. The number of fused-ring (bicyclic) bond motifs is 1. The number of nitrogens with one attached hydrogen (secondary N) is 1. The van der Waals surface area contributed by atoms with Crippen molar-refractivity contribution in [2.24, 2.45) is 0 Å². The van der Waals surface area contributed by atoms with Gasteiger partial charge in [0.2, 0.25) is 12.7 Å². The second-order valence-electron chi connectivity index (χ2n) is 6.73. The van der Waals surface area contributed by atoms with Gasteiger partial charge in [0.15, 0.2) is 16.6 Å². The van der Waals surface area contributed by atoms with Crippen LogP contribution in [-0.4, -0.2) is 53.8 Å². The standard InChI is InChI=1S/C18H19FN4O4S/c19-11-5-12(22-17(25)15-6-21-18(20)28-15)8-23(7-11)16(24)4-10-1-2-13-14(3-10)27-9-26-13/h1-3,6,11-12H,4-5,7-9H2,(H2,20,21)(H,22,25)/t11-,12+/m1/s1. The van der Waals surface area contributed by atoms with Gasteiger partial charge in [-0.05, 0) is 17.7 Å². The molecule has 1 aromatic heterocycles. The maximum Gasteiger partial charge on any atom is 0.263 e. The van der Waals surface area contributed by atoms with Crippen LogP contribution >= 0.6 is 11.3 Å². The molecule has 2 amide bonds. The van der Waals surface area contributed by atoms with Gasteiger partial charge in [-0.15, -0.1) is 0 Å². The number of hydrogen-bond acceptors (Lipinski definition) is 7. The normalized spacial score (nSPS) is 20.8. The number of anilines is 1. The van der Waals surface area contributed by atoms with E-state index >= 15 is 0 Å². The van der Waals surface area contributed by atoms with Crippen molar-refractivity contribution in [3.05, 3.63) is 34.8 Å². The highest BCUT2D eigenvalue weighted by atomic mass is 32.1. The number of nitrogen functional groups attached to an aromatic ring is 1. The van der Waals surface area contributed by atoms with Crippen LogP contribution in [0, 0.1) is 0 Å². The quantitative estimate of drug-likeness (QED) is 0.794. The molecule has 2 aliphatic heterocycles. The van der Waals surface area contributed by atoms with Gasteiger partial charge >= 0.3 is 0 Å². The number of carbonyl (C=O) groups excluding carboxylic acids is 2. The van der Waals surface area contributed by atoms with E-state index in [1.807, 2.05) is 0 Å². The number of alkyl halides is 1. The number of piperidine rings is 1. The molecule has 1 fully saturated rings. The Morgan fingerprint density at radius 3 is 2.93 bits per heavy atom. The monoisotopic (exact) mass is 406 g/mol. The highest BCUT2D eigenvalue weighted by Crippen LogP contribution is 2.32. The molecule has 0 spiro atoms. The molecule has 2 aromatic rings. The van der Waals surface area contributed by atoms with E-state index in [-0.39, 0.29) is 49.7 Å². The zero-order chi connectivity index (χ0) is 19.7. The molecule has 28 heavy (non-hydrogen) atoms. The van der Waals surface area contributed by atoms with Gasteiger partial charge in [-0.1, -0.05) is 17.4 Å². The predicted molar refractivity (Wildman–Crippen MR) is 100 cm³/mol. The van der Waals surface area contributed by atoms with Crippen LogP contribution < -0.4 is 20.5 Å². The third kappa shape index (κ3) is 4.01. The van der Waals surface area contributed by atoms with Crippen molar-refractivity contribution in [2.75, 3.05) is 25.6 Å². The molecular weight excluding hydrogens is 387 g/mol. The zero-order valence-electron chi connectivity index (χ0n) is 14.9.